The molecule has 13 heavy (non-hydrogen) atoms. The first-order valence-electron chi connectivity index (χ1n) is 3.86. The summed E-state index contributed by atoms with van der Waals surface area (Å²) >= 11 is -2.22. The minimum absolute atomic E-state index is 0.730. The van der Waals surface area contributed by atoms with Gasteiger partial charge in [0.15, 0.2) is 0 Å². The van der Waals surface area contributed by atoms with Crippen molar-refractivity contribution in [3.8, 4) is 0 Å². The quantitative estimate of drug-likeness (QED) is 0.647. The molecule has 0 aliphatic rings. The molecule has 0 fully saturated rings. The van der Waals surface area contributed by atoms with Crippen LogP contribution in [-0.4, -0.2) is 12.7 Å². The summed E-state index contributed by atoms with van der Waals surface area (Å²) in [4.78, 5) is 0. The normalized spacial score (nSPS) is 13.4. The molecule has 0 bridgehead atoms. The smallest absolute Gasteiger partial charge is 0.0606 e. The molecule has 0 spiro atoms. The standard InChI is InChI=1S/C9H9NO2S/c1-7-6-10(13(11)12)9-5-3-2-4-8(7)9/h2-6H,1H3,(H,11,12)/p-1. The maximum atomic E-state index is 10.8. The number of benzene rings is 1. The van der Waals surface area contributed by atoms with Gasteiger partial charge < -0.3 is 4.55 Å². The Kier molecular flexibility index (Phi) is 1.94. The average molecular weight is 194 g/mol. The lowest BCUT2D eigenvalue weighted by Gasteiger charge is -2.06. The van der Waals surface area contributed by atoms with Crippen LogP contribution >= 0.6 is 0 Å². The third kappa shape index (κ3) is 1.28. The minimum Gasteiger partial charge on any atom is -0.755 e. The molecule has 2 rings (SSSR count). The van der Waals surface area contributed by atoms with Crippen molar-refractivity contribution in [1.82, 2.24) is 3.97 Å². The predicted octanol–water partition coefficient (Wildman–Crippen LogP) is 1.59. The number of para-hydroxylation sites is 1. The summed E-state index contributed by atoms with van der Waals surface area (Å²) in [6.45, 7) is 1.89. The number of aryl methyl sites for hydroxylation is 1. The molecule has 68 valence electrons. The lowest BCUT2D eigenvalue weighted by atomic mass is 10.2. The van der Waals surface area contributed by atoms with Crippen LogP contribution in [-0.2, 0) is 11.3 Å². The van der Waals surface area contributed by atoms with E-state index < -0.39 is 11.3 Å². The summed E-state index contributed by atoms with van der Waals surface area (Å²) in [7, 11) is 0. The van der Waals surface area contributed by atoms with Gasteiger partial charge in [-0.05, 0) is 18.6 Å². The fourth-order valence-electron chi connectivity index (χ4n) is 1.44. The number of nitrogens with zero attached hydrogens (tertiary/aromatic N) is 1. The Morgan fingerprint density at radius 3 is 2.77 bits per heavy atom. The molecule has 1 aromatic carbocycles. The molecule has 0 amide bonds. The summed E-state index contributed by atoms with van der Waals surface area (Å²) in [5.41, 5.74) is 1.70. The molecule has 0 saturated carbocycles. The Balaban J connectivity index is 2.85. The second-order valence-corrected chi connectivity index (χ2v) is 3.70. The van der Waals surface area contributed by atoms with Crippen molar-refractivity contribution in [2.75, 3.05) is 0 Å². The molecule has 0 saturated heterocycles. The zero-order chi connectivity index (χ0) is 9.42. The Morgan fingerprint density at radius 1 is 1.38 bits per heavy atom. The van der Waals surface area contributed by atoms with Crippen LogP contribution in [0.15, 0.2) is 30.5 Å². The van der Waals surface area contributed by atoms with Crippen LogP contribution in [0.25, 0.3) is 10.9 Å². The lowest BCUT2D eigenvalue weighted by Crippen LogP contribution is -2.00. The van der Waals surface area contributed by atoms with Gasteiger partial charge in [0, 0.05) is 11.6 Å². The molecule has 3 nitrogen and oxygen atoms in total. The molecule has 2 aromatic rings. The van der Waals surface area contributed by atoms with Gasteiger partial charge in [-0.1, -0.05) is 18.2 Å². The van der Waals surface area contributed by atoms with E-state index in [-0.39, 0.29) is 0 Å². The second kappa shape index (κ2) is 2.97. The van der Waals surface area contributed by atoms with Crippen LogP contribution in [0.2, 0.25) is 0 Å². The van der Waals surface area contributed by atoms with E-state index in [0.717, 1.165) is 16.5 Å². The van der Waals surface area contributed by atoms with E-state index in [2.05, 4.69) is 0 Å². The van der Waals surface area contributed by atoms with Gasteiger partial charge >= 0.3 is 0 Å². The first kappa shape index (κ1) is 8.47. The van der Waals surface area contributed by atoms with Gasteiger partial charge in [0.05, 0.1) is 16.8 Å². The molecule has 1 atom stereocenters. The van der Waals surface area contributed by atoms with Crippen LogP contribution < -0.4 is 0 Å². The highest BCUT2D eigenvalue weighted by atomic mass is 32.2. The largest absolute Gasteiger partial charge is 0.755 e. The van der Waals surface area contributed by atoms with Crippen molar-refractivity contribution >= 4 is 22.2 Å². The zero-order valence-corrected chi connectivity index (χ0v) is 7.88. The number of aromatic nitrogens is 1. The van der Waals surface area contributed by atoms with Crippen molar-refractivity contribution in [3.63, 3.8) is 0 Å². The third-order valence-electron chi connectivity index (χ3n) is 2.04. The van der Waals surface area contributed by atoms with E-state index >= 15 is 0 Å². The summed E-state index contributed by atoms with van der Waals surface area (Å²) in [5, 5.41) is 0.978. The van der Waals surface area contributed by atoms with Gasteiger partial charge in [-0.2, -0.15) is 0 Å². The number of hydrogen-bond donors (Lipinski definition) is 0. The highest BCUT2D eigenvalue weighted by Crippen LogP contribution is 2.20. The molecule has 1 aromatic heterocycles. The molecule has 0 N–H and O–H groups in total. The average Bonchev–Trinajstić information content (AvgIpc) is 2.45. The Bertz CT molecular complexity index is 475. The van der Waals surface area contributed by atoms with Crippen molar-refractivity contribution in [3.05, 3.63) is 36.0 Å². The molecule has 1 heterocycles. The van der Waals surface area contributed by atoms with Gasteiger partial charge in [-0.25, -0.2) is 0 Å². The van der Waals surface area contributed by atoms with E-state index in [1.807, 2.05) is 25.1 Å². The number of fused-ring (bicyclic) bond motifs is 1. The van der Waals surface area contributed by atoms with Crippen LogP contribution in [0, 0.1) is 6.92 Å². The molecular formula is C9H8NO2S-. The fraction of sp³-hybridized carbons (Fsp3) is 0.111. The van der Waals surface area contributed by atoms with Gasteiger partial charge in [0.1, 0.15) is 0 Å². The summed E-state index contributed by atoms with van der Waals surface area (Å²) < 4.78 is 22.8. The van der Waals surface area contributed by atoms with E-state index in [9.17, 15) is 8.76 Å². The lowest BCUT2D eigenvalue weighted by molar-refractivity contribution is 0.529. The topological polar surface area (TPSA) is 45.1 Å². The number of rotatable bonds is 1. The molecule has 0 aliphatic heterocycles. The highest BCUT2D eigenvalue weighted by molar-refractivity contribution is 7.77. The Morgan fingerprint density at radius 2 is 2.08 bits per heavy atom. The molecule has 4 heteroatoms. The van der Waals surface area contributed by atoms with Gasteiger partial charge in [0.25, 0.3) is 0 Å². The SMILES string of the molecule is Cc1cn(S(=O)[O-])c2ccccc12. The summed E-state index contributed by atoms with van der Waals surface area (Å²) in [6, 6.07) is 7.42. The van der Waals surface area contributed by atoms with Crippen molar-refractivity contribution < 1.29 is 8.76 Å². The number of hydrogen-bond acceptors (Lipinski definition) is 2. The summed E-state index contributed by atoms with van der Waals surface area (Å²) in [6.07, 6.45) is 1.62. The molecular weight excluding hydrogens is 186 g/mol. The maximum absolute atomic E-state index is 10.8. The van der Waals surface area contributed by atoms with Crippen molar-refractivity contribution in [1.29, 1.82) is 0 Å². The van der Waals surface area contributed by atoms with Gasteiger partial charge in [-0.3, -0.25) is 8.18 Å². The van der Waals surface area contributed by atoms with E-state index in [0.29, 0.717) is 0 Å². The van der Waals surface area contributed by atoms with Crippen LogP contribution in [0.1, 0.15) is 5.56 Å². The minimum atomic E-state index is -2.22. The van der Waals surface area contributed by atoms with E-state index in [1.54, 1.807) is 12.3 Å². The Labute approximate surface area is 78.4 Å². The maximum Gasteiger partial charge on any atom is 0.0606 e. The molecule has 0 aliphatic carbocycles. The predicted molar refractivity (Wildman–Crippen MR) is 51.0 cm³/mol. The zero-order valence-electron chi connectivity index (χ0n) is 7.06. The van der Waals surface area contributed by atoms with E-state index in [4.69, 9.17) is 0 Å². The van der Waals surface area contributed by atoms with E-state index in [1.165, 1.54) is 3.97 Å². The van der Waals surface area contributed by atoms with Crippen LogP contribution in [0.4, 0.5) is 0 Å². The molecule has 1 unspecified atom stereocenters. The van der Waals surface area contributed by atoms with Crippen molar-refractivity contribution in [2.45, 2.75) is 6.92 Å². The van der Waals surface area contributed by atoms with Gasteiger partial charge in [-0.15, -0.1) is 0 Å². The monoisotopic (exact) mass is 194 g/mol. The second-order valence-electron chi connectivity index (χ2n) is 2.87. The third-order valence-corrected chi connectivity index (χ3v) is 2.66. The van der Waals surface area contributed by atoms with Crippen LogP contribution in [0.3, 0.4) is 0 Å². The van der Waals surface area contributed by atoms with Gasteiger partial charge in [0.2, 0.25) is 0 Å². The fourth-order valence-corrected chi connectivity index (χ4v) is 2.00. The molecule has 0 radical (unpaired) electrons. The first-order valence-corrected chi connectivity index (χ1v) is 4.90. The highest BCUT2D eigenvalue weighted by Gasteiger charge is 2.03. The first-order chi connectivity index (χ1) is 6.20. The summed E-state index contributed by atoms with van der Waals surface area (Å²) in [5.74, 6) is 0. The van der Waals surface area contributed by atoms with Crippen molar-refractivity contribution in [2.24, 2.45) is 0 Å². The van der Waals surface area contributed by atoms with Crippen LogP contribution in [0.5, 0.6) is 0 Å². The Hall–Kier alpha value is -1.13.